The van der Waals surface area contributed by atoms with E-state index in [1.54, 1.807) is 19.2 Å². The molecule has 5 heteroatoms. The molecule has 3 rings (SSSR count). The van der Waals surface area contributed by atoms with Gasteiger partial charge < -0.3 is 13.9 Å². The van der Waals surface area contributed by atoms with Crippen molar-refractivity contribution in [2.24, 2.45) is 0 Å². The van der Waals surface area contributed by atoms with Crippen molar-refractivity contribution in [3.05, 3.63) is 69.0 Å². The van der Waals surface area contributed by atoms with Crippen LogP contribution in [0.25, 0.3) is 11.0 Å². The predicted molar refractivity (Wildman–Crippen MR) is 94.2 cm³/mol. The molecule has 0 saturated carbocycles. The number of benzene rings is 2. The second-order valence-electron chi connectivity index (χ2n) is 5.32. The lowest BCUT2D eigenvalue weighted by molar-refractivity contribution is 0.297. The van der Waals surface area contributed by atoms with E-state index < -0.39 is 0 Å². The summed E-state index contributed by atoms with van der Waals surface area (Å²) in [7, 11) is 1.61. The molecular formula is C19H17ClO4. The largest absolute Gasteiger partial charge is 0.496 e. The monoisotopic (exact) mass is 344 g/mol. The number of methoxy groups -OCH3 is 1. The minimum absolute atomic E-state index is 0.299. The van der Waals surface area contributed by atoms with E-state index in [4.69, 9.17) is 25.5 Å². The van der Waals surface area contributed by atoms with Crippen LogP contribution in [0.15, 0.2) is 51.7 Å². The summed E-state index contributed by atoms with van der Waals surface area (Å²) in [5, 5.41) is 1.30. The molecule has 1 heterocycles. The molecule has 0 saturated heterocycles. The van der Waals surface area contributed by atoms with Crippen LogP contribution in [0.3, 0.4) is 0 Å². The smallest absolute Gasteiger partial charge is 0.336 e. The summed E-state index contributed by atoms with van der Waals surface area (Å²) < 4.78 is 16.4. The van der Waals surface area contributed by atoms with Crippen molar-refractivity contribution in [1.82, 2.24) is 0 Å². The van der Waals surface area contributed by atoms with Crippen molar-refractivity contribution in [1.29, 1.82) is 0 Å². The van der Waals surface area contributed by atoms with Gasteiger partial charge in [-0.25, -0.2) is 4.79 Å². The molecule has 0 N–H and O–H groups in total. The maximum Gasteiger partial charge on any atom is 0.336 e. The van der Waals surface area contributed by atoms with Gasteiger partial charge in [-0.3, -0.25) is 0 Å². The second kappa shape index (κ2) is 6.97. The molecule has 0 fully saturated rings. The Hall–Kier alpha value is -2.46. The highest BCUT2D eigenvalue weighted by atomic mass is 35.5. The summed E-state index contributed by atoms with van der Waals surface area (Å²) in [5.41, 5.74) is 1.90. The summed E-state index contributed by atoms with van der Waals surface area (Å²) in [5.74, 6) is 1.21. The third-order valence-corrected chi connectivity index (χ3v) is 4.13. The molecule has 24 heavy (non-hydrogen) atoms. The lowest BCUT2D eigenvalue weighted by atomic mass is 10.1. The molecule has 0 radical (unpaired) electrons. The first kappa shape index (κ1) is 16.4. The lowest BCUT2D eigenvalue weighted by Crippen LogP contribution is -2.02. The Morgan fingerprint density at radius 2 is 1.88 bits per heavy atom. The summed E-state index contributed by atoms with van der Waals surface area (Å²) in [6.45, 7) is 2.28. The second-order valence-corrected chi connectivity index (χ2v) is 5.73. The fraction of sp³-hybridized carbons (Fsp3) is 0.211. The van der Waals surface area contributed by atoms with Crippen molar-refractivity contribution < 1.29 is 13.9 Å². The Morgan fingerprint density at radius 3 is 2.62 bits per heavy atom. The number of hydrogen-bond donors (Lipinski definition) is 0. The fourth-order valence-electron chi connectivity index (χ4n) is 2.61. The van der Waals surface area contributed by atoms with Crippen LogP contribution in [0.5, 0.6) is 11.5 Å². The van der Waals surface area contributed by atoms with Crippen molar-refractivity contribution >= 4 is 22.6 Å². The first-order valence-electron chi connectivity index (χ1n) is 7.63. The molecule has 0 aliphatic carbocycles. The van der Waals surface area contributed by atoms with Crippen molar-refractivity contribution in [3.63, 3.8) is 0 Å². The normalized spacial score (nSPS) is 10.8. The highest BCUT2D eigenvalue weighted by Crippen LogP contribution is 2.32. The maximum atomic E-state index is 11.7. The van der Waals surface area contributed by atoms with Crippen LogP contribution < -0.4 is 15.1 Å². The number of ether oxygens (including phenoxy) is 2. The standard InChI is InChI=1S/C19H17ClO4/c1-3-12-8-19(21)24-17-10-18(15(20)9-14(12)17)23-11-13-6-4-5-7-16(13)22-2/h4-10H,3,11H2,1-2H3. The molecule has 0 spiro atoms. The summed E-state index contributed by atoms with van der Waals surface area (Å²) in [6, 6.07) is 12.5. The summed E-state index contributed by atoms with van der Waals surface area (Å²) in [4.78, 5) is 11.7. The average Bonchev–Trinajstić information content (AvgIpc) is 2.60. The molecule has 0 unspecified atom stereocenters. The van der Waals surface area contributed by atoms with Crippen molar-refractivity contribution in [3.8, 4) is 11.5 Å². The molecular weight excluding hydrogens is 328 g/mol. The molecule has 0 amide bonds. The van der Waals surface area contributed by atoms with Crippen molar-refractivity contribution in [2.45, 2.75) is 20.0 Å². The van der Waals surface area contributed by atoms with Crippen LogP contribution in [0.2, 0.25) is 5.02 Å². The minimum Gasteiger partial charge on any atom is -0.496 e. The van der Waals surface area contributed by atoms with Gasteiger partial charge in [0, 0.05) is 23.1 Å². The van der Waals surface area contributed by atoms with Crippen LogP contribution in [-0.4, -0.2) is 7.11 Å². The SMILES string of the molecule is CCc1cc(=O)oc2cc(OCc3ccccc3OC)c(Cl)cc12. The molecule has 0 atom stereocenters. The number of rotatable bonds is 5. The van der Waals surface area contributed by atoms with Gasteiger partial charge in [-0.2, -0.15) is 0 Å². The first-order chi connectivity index (χ1) is 11.6. The zero-order chi connectivity index (χ0) is 17.1. The first-order valence-corrected chi connectivity index (χ1v) is 8.01. The van der Waals surface area contributed by atoms with Gasteiger partial charge in [0.1, 0.15) is 23.7 Å². The van der Waals surface area contributed by atoms with E-state index in [0.29, 0.717) is 23.0 Å². The van der Waals surface area contributed by atoms with E-state index in [9.17, 15) is 4.79 Å². The number of fused-ring (bicyclic) bond motifs is 1. The predicted octanol–water partition coefficient (Wildman–Crippen LogP) is 4.60. The van der Waals surface area contributed by atoms with E-state index in [1.807, 2.05) is 31.2 Å². The van der Waals surface area contributed by atoms with Gasteiger partial charge in [0.05, 0.1) is 12.1 Å². The van der Waals surface area contributed by atoms with Gasteiger partial charge in [-0.05, 0) is 24.1 Å². The Labute approximate surface area is 144 Å². The number of hydrogen-bond acceptors (Lipinski definition) is 4. The van der Waals surface area contributed by atoms with E-state index in [0.717, 1.165) is 28.7 Å². The van der Waals surface area contributed by atoms with Crippen LogP contribution in [0, 0.1) is 0 Å². The van der Waals surface area contributed by atoms with Crippen LogP contribution in [0.1, 0.15) is 18.1 Å². The van der Waals surface area contributed by atoms with Gasteiger partial charge in [-0.15, -0.1) is 0 Å². The van der Waals surface area contributed by atoms with Crippen LogP contribution in [0.4, 0.5) is 0 Å². The zero-order valence-corrected chi connectivity index (χ0v) is 14.2. The lowest BCUT2D eigenvalue weighted by Gasteiger charge is -2.12. The van der Waals surface area contributed by atoms with E-state index in [1.165, 1.54) is 6.07 Å². The van der Waals surface area contributed by atoms with Gasteiger partial charge in [0.2, 0.25) is 0 Å². The number of halogens is 1. The van der Waals surface area contributed by atoms with Gasteiger partial charge in [0.25, 0.3) is 0 Å². The highest BCUT2D eigenvalue weighted by Gasteiger charge is 2.11. The molecule has 0 bridgehead atoms. The van der Waals surface area contributed by atoms with E-state index in [2.05, 4.69) is 0 Å². The van der Waals surface area contributed by atoms with Crippen LogP contribution in [-0.2, 0) is 13.0 Å². The topological polar surface area (TPSA) is 48.7 Å². The molecule has 4 nitrogen and oxygen atoms in total. The molecule has 1 aromatic heterocycles. The molecule has 0 aliphatic heterocycles. The van der Waals surface area contributed by atoms with E-state index >= 15 is 0 Å². The Bertz CT molecular complexity index is 930. The van der Waals surface area contributed by atoms with Gasteiger partial charge in [0.15, 0.2) is 0 Å². The Morgan fingerprint density at radius 1 is 1.08 bits per heavy atom. The minimum atomic E-state index is -0.377. The third kappa shape index (κ3) is 3.24. The highest BCUT2D eigenvalue weighted by molar-refractivity contribution is 6.32. The molecule has 0 aliphatic rings. The fourth-order valence-corrected chi connectivity index (χ4v) is 2.83. The van der Waals surface area contributed by atoms with E-state index in [-0.39, 0.29) is 5.63 Å². The Balaban J connectivity index is 1.95. The molecule has 124 valence electrons. The molecule has 3 aromatic rings. The van der Waals surface area contributed by atoms with Crippen molar-refractivity contribution in [2.75, 3.05) is 7.11 Å². The quantitative estimate of drug-likeness (QED) is 0.635. The maximum absolute atomic E-state index is 11.7. The number of aryl methyl sites for hydroxylation is 1. The van der Waals surface area contributed by atoms with Gasteiger partial charge >= 0.3 is 5.63 Å². The summed E-state index contributed by atoms with van der Waals surface area (Å²) >= 11 is 6.34. The zero-order valence-electron chi connectivity index (χ0n) is 13.5. The number of para-hydroxylation sites is 1. The van der Waals surface area contributed by atoms with Crippen LogP contribution >= 0.6 is 11.6 Å². The Kier molecular flexibility index (Phi) is 4.76. The van der Waals surface area contributed by atoms with Gasteiger partial charge in [-0.1, -0.05) is 36.7 Å². The summed E-state index contributed by atoms with van der Waals surface area (Å²) in [6.07, 6.45) is 0.722. The third-order valence-electron chi connectivity index (χ3n) is 3.84. The average molecular weight is 345 g/mol. The molecule has 2 aromatic carbocycles.